The molecule has 11 heteroatoms. The monoisotopic (exact) mass is 471 g/mol. The van der Waals surface area contributed by atoms with Crippen molar-refractivity contribution in [2.45, 2.75) is 31.2 Å². The van der Waals surface area contributed by atoms with Gasteiger partial charge in [0.2, 0.25) is 10.0 Å². The minimum Gasteiger partial charge on any atom is -0.370 e. The Hall–Kier alpha value is -1.47. The molecule has 1 aromatic carbocycles. The van der Waals surface area contributed by atoms with Gasteiger partial charge in [-0.15, -0.1) is 24.0 Å². The smallest absolute Gasteiger partial charge is 0.270 e. The Balaban J connectivity index is 0.00000529. The number of hydrogen-bond acceptors (Lipinski definition) is 5. The molecule has 0 aliphatic rings. The summed E-state index contributed by atoms with van der Waals surface area (Å²) < 4.78 is 26.4. The Labute approximate surface area is 158 Å². The molecule has 9 nitrogen and oxygen atoms in total. The number of nitrogens with one attached hydrogen (secondary N) is 2. The highest BCUT2D eigenvalue weighted by molar-refractivity contribution is 14.0. The van der Waals surface area contributed by atoms with Gasteiger partial charge in [-0.2, -0.15) is 0 Å². The van der Waals surface area contributed by atoms with Crippen LogP contribution in [0.3, 0.4) is 0 Å². The van der Waals surface area contributed by atoms with Crippen LogP contribution in [0.2, 0.25) is 0 Å². The lowest BCUT2D eigenvalue weighted by Crippen LogP contribution is -2.45. The molecule has 0 aliphatic carbocycles. The number of benzene rings is 1. The first kappa shape index (κ1) is 22.5. The molecular weight excluding hydrogens is 449 g/mol. The van der Waals surface area contributed by atoms with Crippen molar-refractivity contribution in [2.75, 3.05) is 13.1 Å². The van der Waals surface area contributed by atoms with Crippen molar-refractivity contribution in [3.05, 3.63) is 34.4 Å². The zero-order chi connectivity index (χ0) is 17.7. The molecular formula is C13H22IN5O4S. The minimum absolute atomic E-state index is 0. The maximum absolute atomic E-state index is 12.1. The highest BCUT2D eigenvalue weighted by atomic mass is 127. The second-order valence-electron chi connectivity index (χ2n) is 5.79. The summed E-state index contributed by atoms with van der Waals surface area (Å²) in [5, 5.41) is 13.6. The third kappa shape index (κ3) is 7.88. The Morgan fingerprint density at radius 3 is 2.54 bits per heavy atom. The molecule has 0 spiro atoms. The molecule has 1 rings (SSSR count). The summed E-state index contributed by atoms with van der Waals surface area (Å²) in [6.45, 7) is 5.92. The summed E-state index contributed by atoms with van der Waals surface area (Å²) in [6.07, 6.45) is 0. The molecule has 0 fully saturated rings. The maximum Gasteiger partial charge on any atom is 0.270 e. The van der Waals surface area contributed by atoms with Gasteiger partial charge < -0.3 is 11.1 Å². The number of nitrogens with two attached hydrogens (primary N) is 1. The van der Waals surface area contributed by atoms with Crippen LogP contribution in [0.1, 0.15) is 20.8 Å². The fourth-order valence-electron chi connectivity index (χ4n) is 1.63. The Morgan fingerprint density at radius 2 is 2.00 bits per heavy atom. The number of aliphatic imine (C=N–C) groups is 1. The summed E-state index contributed by atoms with van der Waals surface area (Å²) in [4.78, 5) is 13.9. The molecule has 4 N–H and O–H groups in total. The van der Waals surface area contributed by atoms with Crippen LogP contribution in [0.15, 0.2) is 34.2 Å². The second-order valence-corrected chi connectivity index (χ2v) is 7.56. The molecule has 0 aromatic heterocycles. The highest BCUT2D eigenvalue weighted by Gasteiger charge is 2.17. The second kappa shape index (κ2) is 9.13. The lowest BCUT2D eigenvalue weighted by Gasteiger charge is -2.20. The van der Waals surface area contributed by atoms with Gasteiger partial charge in [0.25, 0.3) is 5.69 Å². The molecule has 24 heavy (non-hydrogen) atoms. The quantitative estimate of drug-likeness (QED) is 0.142. The van der Waals surface area contributed by atoms with E-state index in [2.05, 4.69) is 15.0 Å². The lowest BCUT2D eigenvalue weighted by atomic mass is 10.1. The van der Waals surface area contributed by atoms with Crippen LogP contribution in [0.4, 0.5) is 5.69 Å². The van der Waals surface area contributed by atoms with Crippen molar-refractivity contribution in [2.24, 2.45) is 10.7 Å². The first-order chi connectivity index (χ1) is 10.5. The third-order valence-electron chi connectivity index (χ3n) is 2.53. The summed E-state index contributed by atoms with van der Waals surface area (Å²) in [5.74, 6) is 0.215. The highest BCUT2D eigenvalue weighted by Crippen LogP contribution is 2.16. The van der Waals surface area contributed by atoms with E-state index in [1.807, 2.05) is 20.8 Å². The number of nitro groups is 1. The predicted molar refractivity (Wildman–Crippen MR) is 103 cm³/mol. The van der Waals surface area contributed by atoms with Gasteiger partial charge in [-0.25, -0.2) is 13.1 Å². The third-order valence-corrected chi connectivity index (χ3v) is 3.99. The van der Waals surface area contributed by atoms with Crippen LogP contribution in [-0.4, -0.2) is 37.9 Å². The van der Waals surface area contributed by atoms with E-state index >= 15 is 0 Å². The predicted octanol–water partition coefficient (Wildman–Crippen LogP) is 1.19. The number of hydrogen-bond donors (Lipinski definition) is 3. The largest absolute Gasteiger partial charge is 0.370 e. The van der Waals surface area contributed by atoms with E-state index in [1.54, 1.807) is 0 Å². The number of nitrogens with zero attached hydrogens (tertiary/aromatic N) is 2. The zero-order valence-corrected chi connectivity index (χ0v) is 16.8. The molecule has 0 heterocycles. The molecule has 0 aliphatic heterocycles. The van der Waals surface area contributed by atoms with Gasteiger partial charge in [-0.1, -0.05) is 6.07 Å². The first-order valence-corrected chi connectivity index (χ1v) is 8.32. The van der Waals surface area contributed by atoms with E-state index in [0.717, 1.165) is 6.07 Å². The molecule has 0 unspecified atom stereocenters. The van der Waals surface area contributed by atoms with Crippen LogP contribution in [-0.2, 0) is 10.0 Å². The van der Waals surface area contributed by atoms with Crippen molar-refractivity contribution >= 4 is 45.6 Å². The van der Waals surface area contributed by atoms with Crippen molar-refractivity contribution < 1.29 is 13.3 Å². The van der Waals surface area contributed by atoms with Gasteiger partial charge in [0, 0.05) is 24.2 Å². The summed E-state index contributed by atoms with van der Waals surface area (Å²) in [7, 11) is -3.83. The normalized spacial score (nSPS) is 12.4. The van der Waals surface area contributed by atoms with Crippen LogP contribution < -0.4 is 15.8 Å². The van der Waals surface area contributed by atoms with Gasteiger partial charge in [0.05, 0.1) is 16.4 Å². The fraction of sp³-hybridized carbons (Fsp3) is 0.462. The molecule has 0 saturated carbocycles. The van der Waals surface area contributed by atoms with E-state index in [-0.39, 0.29) is 59.1 Å². The summed E-state index contributed by atoms with van der Waals surface area (Å²) >= 11 is 0. The van der Waals surface area contributed by atoms with Crippen LogP contribution >= 0.6 is 24.0 Å². The van der Waals surface area contributed by atoms with E-state index in [4.69, 9.17) is 5.73 Å². The summed E-state index contributed by atoms with van der Waals surface area (Å²) in [6, 6.07) is 4.83. The zero-order valence-electron chi connectivity index (χ0n) is 13.6. The van der Waals surface area contributed by atoms with Crippen molar-refractivity contribution in [1.29, 1.82) is 0 Å². The summed E-state index contributed by atoms with van der Waals surface area (Å²) in [5.41, 5.74) is 5.13. The van der Waals surface area contributed by atoms with E-state index < -0.39 is 14.9 Å². The molecule has 0 amide bonds. The number of rotatable bonds is 6. The van der Waals surface area contributed by atoms with E-state index in [0.29, 0.717) is 0 Å². The van der Waals surface area contributed by atoms with Crippen LogP contribution in [0.25, 0.3) is 0 Å². The molecule has 1 aromatic rings. The van der Waals surface area contributed by atoms with Crippen molar-refractivity contribution in [3.8, 4) is 0 Å². The number of sulfonamides is 1. The molecule has 136 valence electrons. The van der Waals surface area contributed by atoms with Gasteiger partial charge in [-0.05, 0) is 26.8 Å². The average Bonchev–Trinajstić information content (AvgIpc) is 2.42. The molecule has 0 atom stereocenters. The van der Waals surface area contributed by atoms with Crippen LogP contribution in [0, 0.1) is 10.1 Å². The SMILES string of the molecule is CC(C)(C)NC(N)=NCCNS(=O)(=O)c1cccc([N+](=O)[O-])c1.I. The van der Waals surface area contributed by atoms with Gasteiger partial charge >= 0.3 is 0 Å². The average molecular weight is 471 g/mol. The Morgan fingerprint density at radius 1 is 1.38 bits per heavy atom. The first-order valence-electron chi connectivity index (χ1n) is 6.83. The van der Waals surface area contributed by atoms with E-state index in [9.17, 15) is 18.5 Å². The number of non-ortho nitro benzene ring substituents is 1. The maximum atomic E-state index is 12.1. The molecule has 0 radical (unpaired) electrons. The fourth-order valence-corrected chi connectivity index (χ4v) is 2.69. The minimum atomic E-state index is -3.83. The lowest BCUT2D eigenvalue weighted by molar-refractivity contribution is -0.385. The Bertz CT molecular complexity index is 701. The van der Waals surface area contributed by atoms with Crippen molar-refractivity contribution in [1.82, 2.24) is 10.0 Å². The van der Waals surface area contributed by atoms with Gasteiger partial charge in [-0.3, -0.25) is 15.1 Å². The topological polar surface area (TPSA) is 140 Å². The molecule has 0 saturated heterocycles. The number of nitro benzene ring substituents is 1. The molecule has 0 bridgehead atoms. The standard InChI is InChI=1S/C13H21N5O4S.HI/c1-13(2,3)17-12(14)15-7-8-16-23(21,22)11-6-4-5-10(9-11)18(19)20;/h4-6,9,16H,7-8H2,1-3H3,(H3,14,15,17);1H. The number of halogens is 1. The van der Waals surface area contributed by atoms with Crippen molar-refractivity contribution in [3.63, 3.8) is 0 Å². The van der Waals surface area contributed by atoms with Gasteiger partial charge in [0.1, 0.15) is 0 Å². The van der Waals surface area contributed by atoms with Gasteiger partial charge in [0.15, 0.2) is 5.96 Å². The number of guanidine groups is 1. The van der Waals surface area contributed by atoms with Crippen LogP contribution in [0.5, 0.6) is 0 Å². The Kier molecular flexibility index (Phi) is 8.57. The van der Waals surface area contributed by atoms with E-state index in [1.165, 1.54) is 18.2 Å².